The van der Waals surface area contributed by atoms with Crippen LogP contribution >= 0.6 is 0 Å². The second-order valence-corrected chi connectivity index (χ2v) is 8.88. The third-order valence-corrected chi connectivity index (χ3v) is 4.13. The van der Waals surface area contributed by atoms with Gasteiger partial charge in [0.05, 0.1) is 5.76 Å². The van der Waals surface area contributed by atoms with Crippen LogP contribution in [0.2, 0.25) is 0 Å². The smallest absolute Gasteiger partial charge is 0.162 e. The SMILES string of the molecule is CC(C)CC(CC(C)C)C(=O)C=C(O)C(CC(C)C)CC(C)C. The molecule has 0 aromatic heterocycles. The van der Waals surface area contributed by atoms with Crippen LogP contribution in [0.15, 0.2) is 11.8 Å². The molecular formula is C21H40O2. The fraction of sp³-hybridized carbons (Fsp3) is 0.857. The van der Waals surface area contributed by atoms with Gasteiger partial charge in [0.1, 0.15) is 0 Å². The molecule has 0 aliphatic rings. The summed E-state index contributed by atoms with van der Waals surface area (Å²) in [5.74, 6) is 2.60. The first-order valence-electron chi connectivity index (χ1n) is 9.47. The molecule has 0 fully saturated rings. The molecule has 0 aromatic carbocycles. The Kier molecular flexibility index (Phi) is 10.5. The minimum Gasteiger partial charge on any atom is -0.512 e. The van der Waals surface area contributed by atoms with Crippen molar-refractivity contribution in [1.29, 1.82) is 0 Å². The Balaban J connectivity index is 5.12. The van der Waals surface area contributed by atoms with E-state index in [0.29, 0.717) is 29.4 Å². The van der Waals surface area contributed by atoms with E-state index in [4.69, 9.17) is 0 Å². The van der Waals surface area contributed by atoms with Gasteiger partial charge in [-0.15, -0.1) is 0 Å². The maximum absolute atomic E-state index is 12.7. The number of hydrogen-bond acceptors (Lipinski definition) is 2. The predicted octanol–water partition coefficient (Wildman–Crippen LogP) is 6.41. The Morgan fingerprint density at radius 1 is 0.696 bits per heavy atom. The van der Waals surface area contributed by atoms with E-state index < -0.39 is 0 Å². The molecule has 0 atom stereocenters. The molecule has 0 aliphatic carbocycles. The van der Waals surface area contributed by atoms with Crippen LogP contribution in [0.3, 0.4) is 0 Å². The van der Waals surface area contributed by atoms with Crippen molar-refractivity contribution in [3.05, 3.63) is 11.8 Å². The molecule has 0 unspecified atom stereocenters. The van der Waals surface area contributed by atoms with Crippen LogP contribution in [-0.4, -0.2) is 10.9 Å². The highest BCUT2D eigenvalue weighted by molar-refractivity contribution is 5.92. The van der Waals surface area contributed by atoms with Gasteiger partial charge in [-0.1, -0.05) is 55.4 Å². The lowest BCUT2D eigenvalue weighted by Crippen LogP contribution is -2.19. The molecule has 2 heteroatoms. The molecule has 0 heterocycles. The lowest BCUT2D eigenvalue weighted by molar-refractivity contribution is -0.119. The maximum Gasteiger partial charge on any atom is 0.162 e. The number of carbonyl (C=O) groups is 1. The van der Waals surface area contributed by atoms with E-state index in [9.17, 15) is 9.90 Å². The highest BCUT2D eigenvalue weighted by Gasteiger charge is 2.23. The van der Waals surface area contributed by atoms with Gasteiger partial charge in [0.15, 0.2) is 5.78 Å². The summed E-state index contributed by atoms with van der Waals surface area (Å²) in [5, 5.41) is 10.5. The summed E-state index contributed by atoms with van der Waals surface area (Å²) in [7, 11) is 0. The van der Waals surface area contributed by atoms with E-state index in [0.717, 1.165) is 25.7 Å². The molecule has 0 aromatic rings. The van der Waals surface area contributed by atoms with E-state index in [1.165, 1.54) is 0 Å². The summed E-state index contributed by atoms with van der Waals surface area (Å²) in [4.78, 5) is 12.7. The van der Waals surface area contributed by atoms with Crippen LogP contribution in [0.1, 0.15) is 81.1 Å². The summed E-state index contributed by atoms with van der Waals surface area (Å²) in [6.07, 6.45) is 5.23. The number of aliphatic hydroxyl groups is 1. The normalized spacial score (nSPS) is 13.4. The summed E-state index contributed by atoms with van der Waals surface area (Å²) in [6.45, 7) is 17.3. The fourth-order valence-electron chi connectivity index (χ4n) is 3.32. The predicted molar refractivity (Wildman–Crippen MR) is 101 cm³/mol. The third kappa shape index (κ3) is 10.6. The van der Waals surface area contributed by atoms with Crippen molar-refractivity contribution in [3.8, 4) is 0 Å². The molecule has 136 valence electrons. The molecule has 2 nitrogen and oxygen atoms in total. The standard InChI is InChI=1S/C21H40O2/c1-14(2)9-18(10-15(3)4)20(22)13-21(23)19(11-16(5)6)12-17(7)8/h13-19,22H,9-12H2,1-8H3. The van der Waals surface area contributed by atoms with E-state index in [-0.39, 0.29) is 17.6 Å². The zero-order valence-corrected chi connectivity index (χ0v) is 16.7. The molecule has 0 radical (unpaired) electrons. The molecule has 0 saturated carbocycles. The Hall–Kier alpha value is -0.790. The average Bonchev–Trinajstić information content (AvgIpc) is 2.34. The minimum absolute atomic E-state index is 0.0379. The minimum atomic E-state index is 0.0379. The second-order valence-electron chi connectivity index (χ2n) is 8.88. The Morgan fingerprint density at radius 2 is 1.00 bits per heavy atom. The van der Waals surface area contributed by atoms with E-state index in [1.54, 1.807) is 6.08 Å². The molecule has 0 amide bonds. The van der Waals surface area contributed by atoms with Gasteiger partial charge in [-0.2, -0.15) is 0 Å². The van der Waals surface area contributed by atoms with E-state index in [1.807, 2.05) is 0 Å². The molecule has 1 N–H and O–H groups in total. The monoisotopic (exact) mass is 324 g/mol. The highest BCUT2D eigenvalue weighted by Crippen LogP contribution is 2.27. The number of aliphatic hydroxyl groups excluding tert-OH is 1. The molecule has 0 bridgehead atoms. The number of carbonyl (C=O) groups excluding carboxylic acids is 1. The fourth-order valence-corrected chi connectivity index (χ4v) is 3.32. The molecule has 0 rings (SSSR count). The van der Waals surface area contributed by atoms with Gasteiger partial charge in [-0.3, -0.25) is 4.79 Å². The largest absolute Gasteiger partial charge is 0.512 e. The molecule has 0 aliphatic heterocycles. The number of ketones is 1. The molecule has 0 saturated heterocycles. The molecule has 23 heavy (non-hydrogen) atoms. The molecular weight excluding hydrogens is 284 g/mol. The topological polar surface area (TPSA) is 37.3 Å². The number of hydrogen-bond donors (Lipinski definition) is 1. The zero-order chi connectivity index (χ0) is 18.2. The van der Waals surface area contributed by atoms with Crippen molar-refractivity contribution in [2.45, 2.75) is 81.1 Å². The van der Waals surface area contributed by atoms with Crippen LogP contribution in [0, 0.1) is 35.5 Å². The number of rotatable bonds is 11. The summed E-state index contributed by atoms with van der Waals surface area (Å²) in [5.41, 5.74) is 0. The first-order valence-corrected chi connectivity index (χ1v) is 9.47. The second kappa shape index (κ2) is 10.9. The van der Waals surface area contributed by atoms with Crippen molar-refractivity contribution in [2.24, 2.45) is 35.5 Å². The Labute approximate surface area is 144 Å². The summed E-state index contributed by atoms with van der Waals surface area (Å²) >= 11 is 0. The van der Waals surface area contributed by atoms with Crippen molar-refractivity contribution in [1.82, 2.24) is 0 Å². The van der Waals surface area contributed by atoms with Gasteiger partial charge < -0.3 is 5.11 Å². The van der Waals surface area contributed by atoms with Crippen LogP contribution in [-0.2, 0) is 4.79 Å². The lowest BCUT2D eigenvalue weighted by atomic mass is 9.84. The lowest BCUT2D eigenvalue weighted by Gasteiger charge is -2.22. The van der Waals surface area contributed by atoms with Gasteiger partial charge in [0, 0.05) is 17.9 Å². The maximum atomic E-state index is 12.7. The first-order chi connectivity index (χ1) is 10.5. The van der Waals surface area contributed by atoms with Gasteiger partial charge in [-0.25, -0.2) is 0 Å². The van der Waals surface area contributed by atoms with Crippen molar-refractivity contribution < 1.29 is 9.90 Å². The van der Waals surface area contributed by atoms with Crippen molar-refractivity contribution >= 4 is 5.78 Å². The van der Waals surface area contributed by atoms with Crippen LogP contribution in [0.25, 0.3) is 0 Å². The van der Waals surface area contributed by atoms with E-state index >= 15 is 0 Å². The first kappa shape index (κ1) is 22.2. The Morgan fingerprint density at radius 3 is 1.30 bits per heavy atom. The average molecular weight is 325 g/mol. The van der Waals surface area contributed by atoms with Gasteiger partial charge >= 0.3 is 0 Å². The quantitative estimate of drug-likeness (QED) is 0.352. The number of allylic oxidation sites excluding steroid dienone is 2. The van der Waals surface area contributed by atoms with E-state index in [2.05, 4.69) is 55.4 Å². The zero-order valence-electron chi connectivity index (χ0n) is 16.7. The van der Waals surface area contributed by atoms with Gasteiger partial charge in [0.2, 0.25) is 0 Å². The van der Waals surface area contributed by atoms with Gasteiger partial charge in [0.25, 0.3) is 0 Å². The summed E-state index contributed by atoms with van der Waals surface area (Å²) in [6, 6.07) is 0. The third-order valence-electron chi connectivity index (χ3n) is 4.13. The van der Waals surface area contributed by atoms with Crippen LogP contribution in [0.5, 0.6) is 0 Å². The molecule has 0 spiro atoms. The van der Waals surface area contributed by atoms with Crippen molar-refractivity contribution in [3.63, 3.8) is 0 Å². The highest BCUT2D eigenvalue weighted by atomic mass is 16.3. The summed E-state index contributed by atoms with van der Waals surface area (Å²) < 4.78 is 0. The van der Waals surface area contributed by atoms with Gasteiger partial charge in [-0.05, 0) is 49.4 Å². The Bertz CT molecular complexity index is 344. The van der Waals surface area contributed by atoms with Crippen molar-refractivity contribution in [2.75, 3.05) is 0 Å². The van der Waals surface area contributed by atoms with Crippen LogP contribution in [0.4, 0.5) is 0 Å². The van der Waals surface area contributed by atoms with Crippen LogP contribution < -0.4 is 0 Å².